The maximum absolute atomic E-state index is 12.3. The van der Waals surface area contributed by atoms with Crippen LogP contribution in [0.3, 0.4) is 0 Å². The van der Waals surface area contributed by atoms with Crippen molar-refractivity contribution in [2.24, 2.45) is 0 Å². The first-order valence-corrected chi connectivity index (χ1v) is 3.92. The average Bonchev–Trinajstić information content (AvgIpc) is 2.02. The summed E-state index contributed by atoms with van der Waals surface area (Å²) in [4.78, 5) is 10.1. The summed E-state index contributed by atoms with van der Waals surface area (Å²) in [5.74, 6) is 0. The van der Waals surface area contributed by atoms with Crippen LogP contribution >= 0.6 is 11.6 Å². The topological polar surface area (TPSA) is 20.3 Å². The minimum absolute atomic E-state index is 0.306. The Hall–Kier alpha value is -1.23. The van der Waals surface area contributed by atoms with Crippen LogP contribution in [0.5, 0.6) is 0 Å². The smallest absolute Gasteiger partial charge is 0.255 e. The van der Waals surface area contributed by atoms with E-state index in [1.807, 2.05) is 0 Å². The van der Waals surface area contributed by atoms with Crippen molar-refractivity contribution in [3.05, 3.63) is 30.3 Å². The summed E-state index contributed by atoms with van der Waals surface area (Å²) in [6, 6.07) is 6.60. The van der Waals surface area contributed by atoms with Crippen molar-refractivity contribution in [3.8, 4) is 0 Å². The first kappa shape index (κ1) is 10.8. The number of carbonyl (C=O) groups is 1. The zero-order valence-corrected chi connectivity index (χ0v) is 7.51. The van der Waals surface area contributed by atoms with Crippen molar-refractivity contribution >= 4 is 22.7 Å². The molecule has 0 saturated carbocycles. The molecule has 0 saturated heterocycles. The van der Waals surface area contributed by atoms with Gasteiger partial charge in [-0.25, -0.2) is 4.90 Å². The van der Waals surface area contributed by atoms with E-state index < -0.39 is 16.6 Å². The molecule has 0 bridgehead atoms. The molecule has 14 heavy (non-hydrogen) atoms. The highest BCUT2D eigenvalue weighted by Crippen LogP contribution is 2.29. The number of carbonyl (C=O) groups excluding carboxylic acids is 1. The monoisotopic (exact) mass is 223 g/mol. The predicted octanol–water partition coefficient (Wildman–Crippen LogP) is 3.37. The van der Waals surface area contributed by atoms with Crippen molar-refractivity contribution in [2.45, 2.75) is 6.30 Å². The maximum atomic E-state index is 12.3. The summed E-state index contributed by atoms with van der Waals surface area (Å²) in [6.07, 6.45) is -4.81. The molecule has 76 valence electrons. The van der Waals surface area contributed by atoms with Crippen molar-refractivity contribution in [1.82, 2.24) is 0 Å². The van der Waals surface area contributed by atoms with Crippen LogP contribution in [0, 0.1) is 0 Å². The molecule has 1 amide bonds. The normalized spacial score (nSPS) is 11.1. The molecule has 0 heterocycles. The third-order valence-corrected chi connectivity index (χ3v) is 1.61. The van der Waals surface area contributed by atoms with Crippen LogP contribution in [-0.2, 0) is 0 Å². The van der Waals surface area contributed by atoms with Gasteiger partial charge in [0.25, 0.3) is 0 Å². The fourth-order valence-electron chi connectivity index (χ4n) is 0.925. The third kappa shape index (κ3) is 2.38. The molecule has 0 N–H and O–H groups in total. The Morgan fingerprint density at radius 3 is 2.07 bits per heavy atom. The number of rotatable bonds is 1. The molecule has 0 aliphatic rings. The largest absolute Gasteiger partial charge is 0.492 e. The van der Waals surface area contributed by atoms with E-state index in [0.29, 0.717) is 0 Å². The van der Waals surface area contributed by atoms with Gasteiger partial charge in [-0.05, 0) is 23.7 Å². The number of anilines is 1. The maximum Gasteiger partial charge on any atom is 0.492 e. The van der Waals surface area contributed by atoms with Crippen LogP contribution in [0.15, 0.2) is 30.3 Å². The van der Waals surface area contributed by atoms with Crippen molar-refractivity contribution in [2.75, 3.05) is 4.90 Å². The summed E-state index contributed by atoms with van der Waals surface area (Å²) >= 11 is 4.83. The standard InChI is InChI=1S/C8H5ClF3NO/c9-7(14)13(8(10,11)12)6-4-2-1-3-5-6/h1-5H. The van der Waals surface area contributed by atoms with Gasteiger partial charge in [0.15, 0.2) is 0 Å². The van der Waals surface area contributed by atoms with Gasteiger partial charge in [0.2, 0.25) is 0 Å². The van der Waals surface area contributed by atoms with Gasteiger partial charge in [-0.3, -0.25) is 4.79 Å². The summed E-state index contributed by atoms with van der Waals surface area (Å²) < 4.78 is 36.8. The molecule has 0 radical (unpaired) electrons. The summed E-state index contributed by atoms with van der Waals surface area (Å²) in [5, 5.41) is -1.58. The van der Waals surface area contributed by atoms with Gasteiger partial charge in [-0.15, -0.1) is 13.2 Å². The number of amides is 1. The van der Waals surface area contributed by atoms with E-state index >= 15 is 0 Å². The van der Waals surface area contributed by atoms with Crippen molar-refractivity contribution in [1.29, 1.82) is 0 Å². The lowest BCUT2D eigenvalue weighted by atomic mass is 10.3. The van der Waals surface area contributed by atoms with Gasteiger partial charge >= 0.3 is 11.7 Å². The van der Waals surface area contributed by atoms with Gasteiger partial charge in [0, 0.05) is 0 Å². The molecule has 1 aromatic rings. The summed E-state index contributed by atoms with van der Waals surface area (Å²) in [5.41, 5.74) is -0.306. The summed E-state index contributed by atoms with van der Waals surface area (Å²) in [7, 11) is 0. The Bertz CT molecular complexity index is 325. The fourth-order valence-corrected chi connectivity index (χ4v) is 1.12. The molecule has 0 spiro atoms. The number of nitrogens with zero attached hydrogens (tertiary/aromatic N) is 1. The second kappa shape index (κ2) is 3.88. The van der Waals surface area contributed by atoms with Crippen molar-refractivity contribution < 1.29 is 18.0 Å². The first-order chi connectivity index (χ1) is 6.43. The second-order valence-corrected chi connectivity index (χ2v) is 2.72. The molecule has 0 fully saturated rings. The second-order valence-electron chi connectivity index (χ2n) is 2.39. The number of para-hydroxylation sites is 1. The van der Waals surface area contributed by atoms with Crippen LogP contribution in [-0.4, -0.2) is 11.7 Å². The SMILES string of the molecule is O=C(Cl)N(c1ccccc1)C(F)(F)F. The zero-order chi connectivity index (χ0) is 10.8. The number of benzene rings is 1. The highest BCUT2D eigenvalue weighted by Gasteiger charge is 2.41. The number of hydrogen-bond acceptors (Lipinski definition) is 1. The molecule has 0 aliphatic heterocycles. The van der Waals surface area contributed by atoms with E-state index in [-0.39, 0.29) is 5.69 Å². The third-order valence-electron chi connectivity index (χ3n) is 1.44. The van der Waals surface area contributed by atoms with Crippen LogP contribution < -0.4 is 4.90 Å². The fraction of sp³-hybridized carbons (Fsp3) is 0.125. The molecule has 0 aliphatic carbocycles. The van der Waals surface area contributed by atoms with E-state index in [1.165, 1.54) is 18.2 Å². The molecule has 2 nitrogen and oxygen atoms in total. The van der Waals surface area contributed by atoms with Gasteiger partial charge in [-0.1, -0.05) is 18.2 Å². The average molecular weight is 224 g/mol. The lowest BCUT2D eigenvalue weighted by Gasteiger charge is -2.21. The van der Waals surface area contributed by atoms with E-state index in [0.717, 1.165) is 12.1 Å². The van der Waals surface area contributed by atoms with E-state index in [2.05, 4.69) is 0 Å². The van der Waals surface area contributed by atoms with Gasteiger partial charge in [0.05, 0.1) is 5.69 Å². The molecule has 0 unspecified atom stereocenters. The Balaban J connectivity index is 3.08. The van der Waals surface area contributed by atoms with E-state index in [1.54, 1.807) is 0 Å². The zero-order valence-electron chi connectivity index (χ0n) is 6.75. The van der Waals surface area contributed by atoms with Crippen LogP contribution in [0.4, 0.5) is 23.7 Å². The Morgan fingerprint density at radius 2 is 1.71 bits per heavy atom. The molecule has 0 atom stereocenters. The number of halogens is 4. The van der Waals surface area contributed by atoms with Crippen LogP contribution in [0.2, 0.25) is 0 Å². The Labute approximate surface area is 82.9 Å². The molecule has 1 rings (SSSR count). The van der Waals surface area contributed by atoms with E-state index in [4.69, 9.17) is 11.6 Å². The minimum Gasteiger partial charge on any atom is -0.255 e. The molecular formula is C8H5ClF3NO. The first-order valence-electron chi connectivity index (χ1n) is 3.54. The van der Waals surface area contributed by atoms with Crippen LogP contribution in [0.25, 0.3) is 0 Å². The highest BCUT2D eigenvalue weighted by molar-refractivity contribution is 6.66. The lowest BCUT2D eigenvalue weighted by Crippen LogP contribution is -2.39. The highest BCUT2D eigenvalue weighted by atomic mass is 35.5. The quantitative estimate of drug-likeness (QED) is 0.528. The lowest BCUT2D eigenvalue weighted by molar-refractivity contribution is -0.120. The number of hydrogen-bond donors (Lipinski definition) is 0. The van der Waals surface area contributed by atoms with E-state index in [9.17, 15) is 18.0 Å². The van der Waals surface area contributed by atoms with Gasteiger partial charge in [-0.2, -0.15) is 0 Å². The molecule has 1 aromatic carbocycles. The minimum atomic E-state index is -4.81. The summed E-state index contributed by atoms with van der Waals surface area (Å²) in [6.45, 7) is 0. The molecule has 6 heteroatoms. The predicted molar refractivity (Wildman–Crippen MR) is 46.2 cm³/mol. The molecular weight excluding hydrogens is 219 g/mol. The van der Waals surface area contributed by atoms with Gasteiger partial charge < -0.3 is 0 Å². The van der Waals surface area contributed by atoms with Crippen molar-refractivity contribution in [3.63, 3.8) is 0 Å². The Morgan fingerprint density at radius 1 is 1.21 bits per heavy atom. The van der Waals surface area contributed by atoms with Crippen LogP contribution in [0.1, 0.15) is 0 Å². The van der Waals surface area contributed by atoms with Gasteiger partial charge in [0.1, 0.15) is 0 Å². The number of alkyl halides is 3. The Kier molecular flexibility index (Phi) is 3.00. The molecule has 0 aromatic heterocycles.